The molecule has 0 heterocycles. The number of hydrogen-bond acceptors (Lipinski definition) is 5. The van der Waals surface area contributed by atoms with E-state index in [1.165, 1.54) is 0 Å². The topological polar surface area (TPSA) is 76.4 Å². The molecule has 162 valence electrons. The predicted molar refractivity (Wildman–Crippen MR) is 111 cm³/mol. The first-order chi connectivity index (χ1) is 13.1. The van der Waals surface area contributed by atoms with Gasteiger partial charge in [-0.1, -0.05) is 41.0 Å². The molecule has 0 radical (unpaired) electrons. The molecule has 0 aliphatic carbocycles. The van der Waals surface area contributed by atoms with E-state index < -0.39 is 23.3 Å². The summed E-state index contributed by atoms with van der Waals surface area (Å²) in [5.41, 5.74) is -0.650. The maximum absolute atomic E-state index is 12.6. The molecule has 0 bridgehead atoms. The third-order valence-electron chi connectivity index (χ3n) is 5.46. The molecular formula is C23H41NO4. The molecule has 5 heteroatoms. The van der Waals surface area contributed by atoms with Crippen LogP contribution in [0.15, 0.2) is 0 Å². The number of hydrogen-bond donors (Lipinski definition) is 0. The molecule has 0 rings (SSSR count). The zero-order chi connectivity index (χ0) is 21.7. The van der Waals surface area contributed by atoms with Crippen LogP contribution in [0.4, 0.5) is 0 Å². The van der Waals surface area contributed by atoms with Gasteiger partial charge in [-0.05, 0) is 57.3 Å². The molecule has 28 heavy (non-hydrogen) atoms. The Bertz CT molecular complexity index is 509. The summed E-state index contributed by atoms with van der Waals surface area (Å²) >= 11 is 0. The van der Waals surface area contributed by atoms with Crippen LogP contribution in [0.2, 0.25) is 0 Å². The summed E-state index contributed by atoms with van der Waals surface area (Å²) in [6.07, 6.45) is 3.90. The summed E-state index contributed by atoms with van der Waals surface area (Å²) in [5, 5.41) is 10.2. The number of nitriles is 1. The Morgan fingerprint density at radius 2 is 1.50 bits per heavy atom. The summed E-state index contributed by atoms with van der Waals surface area (Å²) in [6.45, 7) is 14.8. The first kappa shape index (κ1) is 26.4. The molecule has 0 fully saturated rings. The Balaban J connectivity index is 5.66. The van der Waals surface area contributed by atoms with Gasteiger partial charge in [-0.15, -0.1) is 0 Å². The summed E-state index contributed by atoms with van der Waals surface area (Å²) in [7, 11) is 0. The van der Waals surface area contributed by atoms with Crippen molar-refractivity contribution in [3.8, 4) is 6.07 Å². The fraction of sp³-hybridized carbons (Fsp3) is 0.870. The van der Waals surface area contributed by atoms with E-state index in [1.807, 2.05) is 0 Å². The second-order valence-electron chi connectivity index (χ2n) is 8.73. The van der Waals surface area contributed by atoms with Crippen molar-refractivity contribution in [1.82, 2.24) is 0 Å². The smallest absolute Gasteiger partial charge is 0.309 e. The molecule has 0 spiro atoms. The standard InChI is InChI=1S/C23H41NO4/c1-8-27-21(25)14-20(22(26)28-9-2)15-23(16-24,13-12-18(5)6)19(7)11-10-17(3)4/h17-20H,8-15H2,1-7H3. The lowest BCUT2D eigenvalue weighted by Gasteiger charge is -2.36. The minimum absolute atomic E-state index is 0.0331. The summed E-state index contributed by atoms with van der Waals surface area (Å²) in [5.74, 6) is -0.299. The lowest BCUT2D eigenvalue weighted by atomic mass is 9.66. The van der Waals surface area contributed by atoms with Crippen LogP contribution in [-0.4, -0.2) is 25.2 Å². The van der Waals surface area contributed by atoms with E-state index in [0.29, 0.717) is 18.3 Å². The highest BCUT2D eigenvalue weighted by atomic mass is 16.5. The molecule has 0 aromatic carbocycles. The van der Waals surface area contributed by atoms with E-state index >= 15 is 0 Å². The van der Waals surface area contributed by atoms with Crippen LogP contribution in [0, 0.1) is 40.4 Å². The van der Waals surface area contributed by atoms with Gasteiger partial charge in [0.2, 0.25) is 0 Å². The number of esters is 2. The van der Waals surface area contributed by atoms with E-state index in [4.69, 9.17) is 9.47 Å². The molecule has 0 N–H and O–H groups in total. The van der Waals surface area contributed by atoms with Crippen LogP contribution in [0.1, 0.15) is 87.0 Å². The van der Waals surface area contributed by atoms with Crippen molar-refractivity contribution in [2.24, 2.45) is 29.1 Å². The molecular weight excluding hydrogens is 354 g/mol. The van der Waals surface area contributed by atoms with Gasteiger partial charge in [0.1, 0.15) is 0 Å². The quantitative estimate of drug-likeness (QED) is 0.362. The van der Waals surface area contributed by atoms with Gasteiger partial charge in [0, 0.05) is 0 Å². The van der Waals surface area contributed by atoms with Crippen molar-refractivity contribution in [2.45, 2.75) is 87.0 Å². The Morgan fingerprint density at radius 1 is 0.929 bits per heavy atom. The molecule has 0 saturated carbocycles. The van der Waals surface area contributed by atoms with E-state index in [2.05, 4.69) is 40.7 Å². The van der Waals surface area contributed by atoms with E-state index in [0.717, 1.165) is 25.7 Å². The van der Waals surface area contributed by atoms with Gasteiger partial charge < -0.3 is 9.47 Å². The highest BCUT2D eigenvalue weighted by Crippen LogP contribution is 2.43. The van der Waals surface area contributed by atoms with Crippen molar-refractivity contribution >= 4 is 11.9 Å². The average molecular weight is 396 g/mol. The summed E-state index contributed by atoms with van der Waals surface area (Å²) in [6, 6.07) is 2.57. The van der Waals surface area contributed by atoms with E-state index in [1.54, 1.807) is 13.8 Å². The molecule has 3 unspecified atom stereocenters. The molecule has 5 nitrogen and oxygen atoms in total. The van der Waals surface area contributed by atoms with Crippen LogP contribution in [0.25, 0.3) is 0 Å². The Labute approximate surface area is 172 Å². The van der Waals surface area contributed by atoms with Gasteiger partial charge >= 0.3 is 11.9 Å². The number of rotatable bonds is 14. The average Bonchev–Trinajstić information content (AvgIpc) is 2.62. The molecule has 0 aliphatic rings. The Morgan fingerprint density at radius 3 is 1.96 bits per heavy atom. The first-order valence-corrected chi connectivity index (χ1v) is 10.8. The molecule has 0 saturated heterocycles. The molecule has 0 aliphatic heterocycles. The van der Waals surface area contributed by atoms with Crippen molar-refractivity contribution in [2.75, 3.05) is 13.2 Å². The predicted octanol–water partition coefficient (Wildman–Crippen LogP) is 5.53. The van der Waals surface area contributed by atoms with Gasteiger partial charge in [0.05, 0.1) is 37.0 Å². The van der Waals surface area contributed by atoms with Crippen LogP contribution < -0.4 is 0 Å². The number of carbonyl (C=O) groups is 2. The van der Waals surface area contributed by atoms with Gasteiger partial charge in [-0.25, -0.2) is 0 Å². The fourth-order valence-corrected chi connectivity index (χ4v) is 3.53. The maximum atomic E-state index is 12.6. The second kappa shape index (κ2) is 13.6. The first-order valence-electron chi connectivity index (χ1n) is 10.8. The Hall–Kier alpha value is -1.57. The number of ether oxygens (including phenoxy) is 2. The maximum Gasteiger partial charge on any atom is 0.309 e. The van der Waals surface area contributed by atoms with E-state index in [-0.39, 0.29) is 25.6 Å². The van der Waals surface area contributed by atoms with Crippen molar-refractivity contribution in [3.05, 3.63) is 0 Å². The number of carbonyl (C=O) groups excluding carboxylic acids is 2. The van der Waals surface area contributed by atoms with Crippen LogP contribution in [0.5, 0.6) is 0 Å². The zero-order valence-corrected chi connectivity index (χ0v) is 19.0. The highest BCUT2D eigenvalue weighted by molar-refractivity contribution is 5.80. The SMILES string of the molecule is CCOC(=O)CC(CC(C#N)(CCC(C)C)C(C)CCC(C)C)C(=O)OCC. The summed E-state index contributed by atoms with van der Waals surface area (Å²) < 4.78 is 10.3. The molecule has 0 amide bonds. The lowest BCUT2D eigenvalue weighted by molar-refractivity contribution is -0.156. The number of nitrogens with zero attached hydrogens (tertiary/aromatic N) is 1. The lowest BCUT2D eigenvalue weighted by Crippen LogP contribution is -2.35. The monoisotopic (exact) mass is 395 g/mol. The fourth-order valence-electron chi connectivity index (χ4n) is 3.53. The third-order valence-corrected chi connectivity index (χ3v) is 5.46. The summed E-state index contributed by atoms with van der Waals surface area (Å²) in [4.78, 5) is 24.6. The van der Waals surface area contributed by atoms with Crippen LogP contribution in [-0.2, 0) is 19.1 Å². The van der Waals surface area contributed by atoms with Crippen LogP contribution >= 0.6 is 0 Å². The van der Waals surface area contributed by atoms with Gasteiger partial charge in [0.25, 0.3) is 0 Å². The van der Waals surface area contributed by atoms with Gasteiger partial charge in [0.15, 0.2) is 0 Å². The van der Waals surface area contributed by atoms with Gasteiger partial charge in [-0.2, -0.15) is 5.26 Å². The minimum Gasteiger partial charge on any atom is -0.466 e. The van der Waals surface area contributed by atoms with Crippen molar-refractivity contribution < 1.29 is 19.1 Å². The van der Waals surface area contributed by atoms with Crippen molar-refractivity contribution in [3.63, 3.8) is 0 Å². The molecule has 0 aromatic heterocycles. The largest absolute Gasteiger partial charge is 0.466 e. The third kappa shape index (κ3) is 9.57. The van der Waals surface area contributed by atoms with Crippen molar-refractivity contribution in [1.29, 1.82) is 5.26 Å². The minimum atomic E-state index is -0.650. The zero-order valence-electron chi connectivity index (χ0n) is 19.0. The second-order valence-corrected chi connectivity index (χ2v) is 8.73. The molecule has 3 atom stereocenters. The normalized spacial score (nSPS) is 15.6. The van der Waals surface area contributed by atoms with Crippen LogP contribution in [0.3, 0.4) is 0 Å². The van der Waals surface area contributed by atoms with Gasteiger partial charge in [-0.3, -0.25) is 9.59 Å². The Kier molecular flexibility index (Phi) is 12.8. The molecule has 0 aromatic rings. The highest BCUT2D eigenvalue weighted by Gasteiger charge is 2.41. The van der Waals surface area contributed by atoms with E-state index in [9.17, 15) is 14.9 Å².